The van der Waals surface area contributed by atoms with E-state index in [2.05, 4.69) is 0 Å². The maximum Gasteiger partial charge on any atom is 0.254 e. The lowest BCUT2D eigenvalue weighted by molar-refractivity contribution is 0.0688. The maximum absolute atomic E-state index is 12.1. The van der Waals surface area contributed by atoms with Crippen LogP contribution in [0.15, 0.2) is 18.2 Å². The number of carbonyl (C=O) groups is 1. The zero-order valence-electron chi connectivity index (χ0n) is 9.99. The van der Waals surface area contributed by atoms with Crippen LogP contribution in [0.1, 0.15) is 29.8 Å². The molecule has 1 heterocycles. The SMILES string of the molecule is COc1ccc2c(c1)CCN(C(C)C)C2=O. The second-order valence-corrected chi connectivity index (χ2v) is 4.37. The molecule has 0 aliphatic carbocycles. The fraction of sp³-hybridized carbons (Fsp3) is 0.462. The molecule has 16 heavy (non-hydrogen) atoms. The zero-order valence-corrected chi connectivity index (χ0v) is 9.99. The Morgan fingerprint density at radius 1 is 1.38 bits per heavy atom. The summed E-state index contributed by atoms with van der Waals surface area (Å²) < 4.78 is 5.16. The molecule has 86 valence electrons. The molecule has 0 saturated heterocycles. The van der Waals surface area contributed by atoms with Crippen LogP contribution in [0.25, 0.3) is 0 Å². The van der Waals surface area contributed by atoms with E-state index in [1.165, 1.54) is 0 Å². The Labute approximate surface area is 96.0 Å². The average Bonchev–Trinajstić information content (AvgIpc) is 2.28. The van der Waals surface area contributed by atoms with E-state index in [0.717, 1.165) is 29.8 Å². The van der Waals surface area contributed by atoms with E-state index in [1.807, 2.05) is 36.9 Å². The van der Waals surface area contributed by atoms with Gasteiger partial charge in [0.05, 0.1) is 7.11 Å². The van der Waals surface area contributed by atoms with Gasteiger partial charge in [-0.25, -0.2) is 0 Å². The molecule has 0 fully saturated rings. The first-order chi connectivity index (χ1) is 7.63. The summed E-state index contributed by atoms with van der Waals surface area (Å²) in [6.07, 6.45) is 0.913. The topological polar surface area (TPSA) is 29.5 Å². The Bertz CT molecular complexity index is 412. The zero-order chi connectivity index (χ0) is 11.7. The highest BCUT2D eigenvalue weighted by Gasteiger charge is 2.25. The number of carbonyl (C=O) groups excluding carboxylic acids is 1. The molecular weight excluding hydrogens is 202 g/mol. The van der Waals surface area contributed by atoms with Crippen LogP contribution in [0, 0.1) is 0 Å². The average molecular weight is 219 g/mol. The van der Waals surface area contributed by atoms with Gasteiger partial charge in [-0.15, -0.1) is 0 Å². The third-order valence-electron chi connectivity index (χ3n) is 3.05. The van der Waals surface area contributed by atoms with Gasteiger partial charge in [-0.1, -0.05) is 0 Å². The van der Waals surface area contributed by atoms with Crippen LogP contribution in [0.5, 0.6) is 5.75 Å². The third-order valence-corrected chi connectivity index (χ3v) is 3.05. The van der Waals surface area contributed by atoms with E-state index in [0.29, 0.717) is 0 Å². The molecule has 0 N–H and O–H groups in total. The quantitative estimate of drug-likeness (QED) is 0.762. The first kappa shape index (κ1) is 11.0. The van der Waals surface area contributed by atoms with Gasteiger partial charge in [-0.2, -0.15) is 0 Å². The molecule has 2 rings (SSSR count). The van der Waals surface area contributed by atoms with Gasteiger partial charge < -0.3 is 9.64 Å². The van der Waals surface area contributed by atoms with E-state index in [-0.39, 0.29) is 11.9 Å². The first-order valence-corrected chi connectivity index (χ1v) is 5.61. The number of hydrogen-bond donors (Lipinski definition) is 0. The molecule has 1 aliphatic rings. The number of fused-ring (bicyclic) bond motifs is 1. The fourth-order valence-electron chi connectivity index (χ4n) is 2.10. The van der Waals surface area contributed by atoms with Gasteiger partial charge in [-0.05, 0) is 44.0 Å². The standard InChI is InChI=1S/C13H17NO2/c1-9(2)14-7-6-10-8-11(16-3)4-5-12(10)13(14)15/h4-5,8-9H,6-7H2,1-3H3. The number of ether oxygens (including phenoxy) is 1. The third kappa shape index (κ3) is 1.77. The summed E-state index contributed by atoms with van der Waals surface area (Å²) in [7, 11) is 1.65. The smallest absolute Gasteiger partial charge is 0.254 e. The van der Waals surface area contributed by atoms with Crippen LogP contribution in [-0.2, 0) is 6.42 Å². The minimum absolute atomic E-state index is 0.138. The van der Waals surface area contributed by atoms with Crippen molar-refractivity contribution in [3.63, 3.8) is 0 Å². The van der Waals surface area contributed by atoms with Crippen LogP contribution in [-0.4, -0.2) is 30.5 Å². The Morgan fingerprint density at radius 3 is 2.75 bits per heavy atom. The second kappa shape index (κ2) is 4.16. The van der Waals surface area contributed by atoms with E-state index >= 15 is 0 Å². The van der Waals surface area contributed by atoms with Crippen molar-refractivity contribution < 1.29 is 9.53 Å². The minimum Gasteiger partial charge on any atom is -0.497 e. The number of rotatable bonds is 2. The van der Waals surface area contributed by atoms with Gasteiger partial charge in [0, 0.05) is 18.2 Å². The molecule has 1 aliphatic heterocycles. The van der Waals surface area contributed by atoms with Gasteiger partial charge in [0.15, 0.2) is 0 Å². The van der Waals surface area contributed by atoms with Gasteiger partial charge >= 0.3 is 0 Å². The molecule has 3 nitrogen and oxygen atoms in total. The highest BCUT2D eigenvalue weighted by Crippen LogP contribution is 2.24. The lowest BCUT2D eigenvalue weighted by Crippen LogP contribution is -2.42. The number of amides is 1. The lowest BCUT2D eigenvalue weighted by Gasteiger charge is -2.31. The molecule has 0 saturated carbocycles. The Morgan fingerprint density at radius 2 is 2.12 bits per heavy atom. The van der Waals surface area contributed by atoms with Crippen LogP contribution in [0.4, 0.5) is 0 Å². The van der Waals surface area contributed by atoms with Crippen LogP contribution in [0.2, 0.25) is 0 Å². The first-order valence-electron chi connectivity index (χ1n) is 5.61. The molecule has 1 aromatic carbocycles. The summed E-state index contributed by atoms with van der Waals surface area (Å²) >= 11 is 0. The largest absolute Gasteiger partial charge is 0.497 e. The molecule has 0 radical (unpaired) electrons. The van der Waals surface area contributed by atoms with Crippen molar-refractivity contribution in [2.24, 2.45) is 0 Å². The molecule has 0 bridgehead atoms. The van der Waals surface area contributed by atoms with Gasteiger partial charge in [0.2, 0.25) is 0 Å². The van der Waals surface area contributed by atoms with E-state index < -0.39 is 0 Å². The van der Waals surface area contributed by atoms with Crippen molar-refractivity contribution in [2.45, 2.75) is 26.3 Å². The van der Waals surface area contributed by atoms with Crippen molar-refractivity contribution >= 4 is 5.91 Å². The van der Waals surface area contributed by atoms with Crippen LogP contribution < -0.4 is 4.74 Å². The van der Waals surface area contributed by atoms with Crippen LogP contribution in [0.3, 0.4) is 0 Å². The Balaban J connectivity index is 2.35. The second-order valence-electron chi connectivity index (χ2n) is 4.37. The minimum atomic E-state index is 0.138. The van der Waals surface area contributed by atoms with Gasteiger partial charge in [0.25, 0.3) is 5.91 Å². The monoisotopic (exact) mass is 219 g/mol. The number of nitrogens with zero attached hydrogens (tertiary/aromatic N) is 1. The lowest BCUT2D eigenvalue weighted by atomic mass is 9.98. The fourth-order valence-corrected chi connectivity index (χ4v) is 2.10. The molecule has 0 unspecified atom stereocenters. The van der Waals surface area contributed by atoms with E-state index in [9.17, 15) is 4.79 Å². The molecule has 0 aromatic heterocycles. The Kier molecular flexibility index (Phi) is 2.86. The van der Waals surface area contributed by atoms with Crippen molar-refractivity contribution in [3.05, 3.63) is 29.3 Å². The highest BCUT2D eigenvalue weighted by atomic mass is 16.5. The normalized spacial score (nSPS) is 15.2. The van der Waals surface area contributed by atoms with Crippen molar-refractivity contribution in [3.8, 4) is 5.75 Å². The summed E-state index contributed by atoms with van der Waals surface area (Å²) in [4.78, 5) is 14.1. The summed E-state index contributed by atoms with van der Waals surface area (Å²) in [6, 6.07) is 5.94. The highest BCUT2D eigenvalue weighted by molar-refractivity contribution is 5.97. The van der Waals surface area contributed by atoms with Crippen LogP contribution >= 0.6 is 0 Å². The van der Waals surface area contributed by atoms with Gasteiger partial charge in [0.1, 0.15) is 5.75 Å². The van der Waals surface area contributed by atoms with Crippen molar-refractivity contribution in [1.29, 1.82) is 0 Å². The van der Waals surface area contributed by atoms with Gasteiger partial charge in [-0.3, -0.25) is 4.79 Å². The predicted molar refractivity (Wildman–Crippen MR) is 62.9 cm³/mol. The number of benzene rings is 1. The Hall–Kier alpha value is -1.51. The van der Waals surface area contributed by atoms with E-state index in [1.54, 1.807) is 7.11 Å². The molecule has 3 heteroatoms. The summed E-state index contributed by atoms with van der Waals surface area (Å²) in [5, 5.41) is 0. The summed E-state index contributed by atoms with van der Waals surface area (Å²) in [6.45, 7) is 4.90. The summed E-state index contributed by atoms with van der Waals surface area (Å²) in [5.74, 6) is 0.962. The number of hydrogen-bond acceptors (Lipinski definition) is 2. The van der Waals surface area contributed by atoms with Crippen molar-refractivity contribution in [2.75, 3.05) is 13.7 Å². The summed E-state index contributed by atoms with van der Waals surface area (Å²) in [5.41, 5.74) is 1.92. The molecule has 0 atom stereocenters. The molecule has 1 amide bonds. The molecular formula is C13H17NO2. The number of methoxy groups -OCH3 is 1. The predicted octanol–water partition coefficient (Wildman–Crippen LogP) is 2.10. The maximum atomic E-state index is 12.1. The van der Waals surface area contributed by atoms with Crippen molar-refractivity contribution in [1.82, 2.24) is 4.90 Å². The van der Waals surface area contributed by atoms with E-state index in [4.69, 9.17) is 4.74 Å². The molecule has 1 aromatic rings. The molecule has 0 spiro atoms.